The summed E-state index contributed by atoms with van der Waals surface area (Å²) >= 11 is 0. The second-order valence-corrected chi connectivity index (χ2v) is 142. The predicted molar refractivity (Wildman–Crippen MR) is 488 cm³/mol. The van der Waals surface area contributed by atoms with Crippen LogP contribution in [0.5, 0.6) is 0 Å². The minimum atomic E-state index is -0.114. The van der Waals surface area contributed by atoms with Gasteiger partial charge in [-0.25, -0.2) is 0 Å². The van der Waals surface area contributed by atoms with Crippen molar-refractivity contribution in [2.75, 3.05) is 4.90 Å². The van der Waals surface area contributed by atoms with E-state index in [-0.39, 0.29) is 109 Å². The highest BCUT2D eigenvalue weighted by molar-refractivity contribution is 9.44. The lowest BCUT2D eigenvalue weighted by molar-refractivity contribution is 0.660. The molecule has 0 bridgehead atoms. The molecule has 450 valence electrons. The van der Waals surface area contributed by atoms with E-state index in [9.17, 15) is 0 Å². The Balaban J connectivity index is 0.000000235. The molecule has 2 aliphatic rings. The zero-order valence-electron chi connectivity index (χ0n) is 47.7. The molecule has 9 aromatic rings. The molecule has 0 saturated carbocycles. The Labute approximate surface area is 565 Å². The number of anilines is 3. The minimum absolute atomic E-state index is 0.0331. The third-order valence-corrected chi connectivity index (χ3v) is 211. The topological polar surface area (TPSA) is 8.17 Å². The van der Waals surface area contributed by atoms with Crippen molar-refractivity contribution in [3.63, 3.8) is 0 Å². The van der Waals surface area contributed by atoms with Crippen LogP contribution in [0, 0.1) is 0 Å². The van der Waals surface area contributed by atoms with Crippen molar-refractivity contribution >= 4 is 280 Å². The van der Waals surface area contributed by atoms with E-state index >= 15 is 0 Å². The third-order valence-electron chi connectivity index (χ3n) is 15.2. The van der Waals surface area contributed by atoms with Crippen molar-refractivity contribution in [1.29, 1.82) is 0 Å². The van der Waals surface area contributed by atoms with Crippen molar-refractivity contribution in [1.82, 2.24) is 4.57 Å². The van der Waals surface area contributed by atoms with E-state index in [1.807, 2.05) is 0 Å². The molecule has 8 aromatic carbocycles. The van der Waals surface area contributed by atoms with E-state index in [1.54, 1.807) is 0 Å². The normalized spacial score (nSPS) is 14.3. The average molecular weight is 1680 g/mol. The van der Waals surface area contributed by atoms with E-state index in [4.69, 9.17) is 0 Å². The lowest BCUT2D eigenvalue weighted by atomic mass is 9.82. The molecule has 0 aliphatic heterocycles. The van der Waals surface area contributed by atoms with Crippen molar-refractivity contribution < 1.29 is 0 Å². The van der Waals surface area contributed by atoms with Gasteiger partial charge in [-0.1, -0.05) is 155 Å². The van der Waals surface area contributed by atoms with Gasteiger partial charge in [0.2, 0.25) is 0 Å². The molecule has 16 unspecified atom stereocenters. The molecule has 0 radical (unpaired) electrons. The lowest BCUT2D eigenvalue weighted by Gasteiger charge is -2.52. The molecule has 2 nitrogen and oxygen atoms in total. The first kappa shape index (κ1) is 74.9. The number of hydrogen-bond donors (Lipinski definition) is 0. The fourth-order valence-corrected chi connectivity index (χ4v) is 410. The first-order valence-corrected chi connectivity index (χ1v) is 80.4. The fraction of sp³-hybridized carbons (Fsp3) is 0.111. The molecule has 1 aromatic heterocycles. The maximum absolute atomic E-state index is 3.29. The first-order valence-electron chi connectivity index (χ1n) is 26.5. The summed E-state index contributed by atoms with van der Waals surface area (Å²) in [4.78, 5) is 2.55. The Hall–Kier alpha value is 6.26. The van der Waals surface area contributed by atoms with Crippen LogP contribution in [0.1, 0.15) is 49.9 Å². The van der Waals surface area contributed by atoms with Gasteiger partial charge in [-0.3, -0.25) is 0 Å². The van der Waals surface area contributed by atoms with Crippen LogP contribution in [-0.4, -0.2) is 4.57 Å². The zero-order chi connectivity index (χ0) is 61.8. The van der Waals surface area contributed by atoms with Gasteiger partial charge in [-0.05, 0) is 197 Å². The quantitative estimate of drug-likeness (QED) is 0.0778. The molecule has 32 heteroatoms. The smallest absolute Gasteiger partial charge is 0.0543 e. The van der Waals surface area contributed by atoms with Gasteiger partial charge in [0.1, 0.15) is 0 Å². The van der Waals surface area contributed by atoms with Crippen LogP contribution in [0.15, 0.2) is 182 Å². The average Bonchev–Trinajstić information content (AvgIpc) is 1.56. The molecular formula is C54H74N2P30. The summed E-state index contributed by atoms with van der Waals surface area (Å²) in [7, 11) is 52.6. The van der Waals surface area contributed by atoms with Gasteiger partial charge >= 0.3 is 0 Å². The molecule has 0 saturated heterocycles. The number of benzene rings is 8. The third kappa shape index (κ3) is 15.7. The van der Waals surface area contributed by atoms with Crippen LogP contribution in [0.4, 0.5) is 17.1 Å². The van der Waals surface area contributed by atoms with Gasteiger partial charge in [0.15, 0.2) is 0 Å². The molecular weight excluding hydrogens is 1610 g/mol. The van der Waals surface area contributed by atoms with Crippen LogP contribution in [0.25, 0.3) is 60.9 Å². The Kier molecular flexibility index (Phi) is 28.7. The second-order valence-electron chi connectivity index (χ2n) is 21.2. The van der Waals surface area contributed by atoms with Crippen LogP contribution < -0.4 is 4.90 Å². The molecule has 1 heterocycles. The summed E-state index contributed by atoms with van der Waals surface area (Å²) in [5.41, 5.74) is 20.1. The fourth-order valence-electron chi connectivity index (χ4n) is 11.7. The van der Waals surface area contributed by atoms with Crippen molar-refractivity contribution in [2.45, 2.75) is 38.5 Å². The highest BCUT2D eigenvalue weighted by atomic mass is 33.5. The summed E-state index contributed by atoms with van der Waals surface area (Å²) in [5, 5.41) is 2.51. The number of hydrogen-bond acceptors (Lipinski definition) is 1. The Bertz CT molecular complexity index is 3660. The van der Waals surface area contributed by atoms with Crippen LogP contribution in [-0.2, 0) is 10.8 Å². The zero-order valence-corrected chi connectivity index (χ0v) is 78.7. The molecule has 0 N–H and O–H groups in total. The van der Waals surface area contributed by atoms with Crippen LogP contribution in [0.3, 0.4) is 0 Å². The minimum Gasteiger partial charge on any atom is -0.309 e. The van der Waals surface area contributed by atoms with Gasteiger partial charge in [-0.15, -0.1) is 143 Å². The van der Waals surface area contributed by atoms with E-state index in [0.29, 0.717) is 0 Å². The largest absolute Gasteiger partial charge is 0.309 e. The van der Waals surface area contributed by atoms with E-state index in [0.717, 1.165) is 5.69 Å². The number of rotatable bonds is 18. The number of para-hydroxylation sites is 2. The van der Waals surface area contributed by atoms with E-state index in [1.165, 1.54) is 94.5 Å². The molecule has 86 heavy (non-hydrogen) atoms. The SMILES string of the molecule is CC1(C)c2ccccc2-c2c(N(c3cccc(-c4ccc5c(c4)c4ccccc4n5-c4ccccc4)c3)c3cccc4c3-c3ccccc3C4(C)C)cccc21.PP(P)P(P(P)P)P(P(P(P)P)P(P)P)P(P(P(P)P)P(P)P)P(P(P)P)P(P)P. The molecule has 0 spiro atoms. The number of aromatic nitrogens is 1. The summed E-state index contributed by atoms with van der Waals surface area (Å²) < 4.78 is 2.39. The molecule has 2 aliphatic carbocycles. The number of nitrogens with zero attached hydrogens (tertiary/aromatic N) is 2. The maximum atomic E-state index is 3.29. The number of fused-ring (bicyclic) bond motifs is 9. The Morgan fingerprint density at radius 2 is 0.686 bits per heavy atom. The predicted octanol–water partition coefficient (Wildman–Crippen LogP) is 31.8. The summed E-state index contributed by atoms with van der Waals surface area (Å²) in [5.74, 6) is 0. The van der Waals surface area contributed by atoms with Crippen molar-refractivity contribution in [2.24, 2.45) is 0 Å². The summed E-state index contributed by atoms with van der Waals surface area (Å²) in [6.45, 7) is 9.23. The standard InChI is InChI=1S/C54H42N2.H32P30/c1-53(2)43-24-11-8-22-40(43)51-45(53)26-15-29-49(51)56(50-30-16-27-46-52(50)41-23-9-12-25-44(41)54(46,3)4)38-20-14-17-35(33-38)36-31-32-48-42(34-36)39-21-10-13-28-47(39)55(48)37-18-6-5-7-19-37;1-17(2)25(18(3)4)29(26(19(5)6)20(7)8)30(27(21(9)10)22(11)12)28(23(13)14)24(15)16/h5-34H,1-4H3;1-16H2. The van der Waals surface area contributed by atoms with Gasteiger partial charge in [0.25, 0.3) is 0 Å². The van der Waals surface area contributed by atoms with Gasteiger partial charge in [0.05, 0.1) is 22.4 Å². The Morgan fingerprint density at radius 1 is 0.314 bits per heavy atom. The molecule has 16 atom stereocenters. The Morgan fingerprint density at radius 3 is 1.14 bits per heavy atom. The molecule has 11 rings (SSSR count). The monoisotopic (exact) mass is 1680 g/mol. The van der Waals surface area contributed by atoms with Crippen molar-refractivity contribution in [3.8, 4) is 39.1 Å². The molecule has 0 amide bonds. The van der Waals surface area contributed by atoms with E-state index in [2.05, 4.69) is 362 Å². The van der Waals surface area contributed by atoms with Crippen molar-refractivity contribution in [3.05, 3.63) is 204 Å². The highest BCUT2D eigenvalue weighted by Gasteiger charge is 2.51. The lowest BCUT2D eigenvalue weighted by Crippen LogP contribution is -2.17. The van der Waals surface area contributed by atoms with Crippen LogP contribution in [0.2, 0.25) is 0 Å². The summed E-state index contributed by atoms with van der Waals surface area (Å²) in [6.07, 6.45) is 0. The summed E-state index contributed by atoms with van der Waals surface area (Å²) in [6, 6.07) is 67.5. The van der Waals surface area contributed by atoms with E-state index < -0.39 is 0 Å². The first-order chi connectivity index (χ1) is 40.9. The molecule has 0 fully saturated rings. The maximum Gasteiger partial charge on any atom is 0.0543 e. The highest BCUT2D eigenvalue weighted by Crippen LogP contribution is 3.38. The van der Waals surface area contributed by atoms with Gasteiger partial charge in [0, 0.05) is 44.1 Å². The van der Waals surface area contributed by atoms with Gasteiger partial charge < -0.3 is 9.47 Å². The van der Waals surface area contributed by atoms with Gasteiger partial charge in [-0.2, -0.15) is 0 Å². The second kappa shape index (κ2) is 32.9. The van der Waals surface area contributed by atoms with Crippen LogP contribution >= 0.6 is 241 Å².